The Morgan fingerprint density at radius 3 is 2.29 bits per heavy atom. The lowest BCUT2D eigenvalue weighted by Crippen LogP contribution is -2.01. The molecule has 2 aliphatic carbocycles. The van der Waals surface area contributed by atoms with Gasteiger partial charge in [-0.3, -0.25) is 0 Å². The molecule has 0 spiro atoms. The molecule has 21 heavy (non-hydrogen) atoms. The van der Waals surface area contributed by atoms with E-state index in [-0.39, 0.29) is 0 Å². The smallest absolute Gasteiger partial charge is 0.161 e. The molecule has 2 aliphatic rings. The van der Waals surface area contributed by atoms with Crippen molar-refractivity contribution in [1.29, 1.82) is 0 Å². The van der Waals surface area contributed by atoms with Gasteiger partial charge in [0.2, 0.25) is 0 Å². The molecule has 1 aromatic carbocycles. The third-order valence-electron chi connectivity index (χ3n) is 4.95. The summed E-state index contributed by atoms with van der Waals surface area (Å²) in [4.78, 5) is 0.459. The Labute approximate surface area is 136 Å². The third-order valence-corrected chi connectivity index (χ3v) is 6.09. The zero-order valence-corrected chi connectivity index (χ0v) is 14.6. The lowest BCUT2D eigenvalue weighted by Gasteiger charge is -2.15. The fourth-order valence-electron chi connectivity index (χ4n) is 3.94. The largest absolute Gasteiger partial charge is 0.490 e. The minimum absolute atomic E-state index is 0.459. The third kappa shape index (κ3) is 3.08. The second kappa shape index (κ2) is 6.60. The van der Waals surface area contributed by atoms with Crippen LogP contribution in [-0.4, -0.2) is 13.2 Å². The summed E-state index contributed by atoms with van der Waals surface area (Å²) in [6, 6.07) is 6.42. The van der Waals surface area contributed by atoms with E-state index in [0.717, 1.165) is 29.3 Å². The van der Waals surface area contributed by atoms with E-state index in [1.807, 2.05) is 13.8 Å². The molecule has 3 unspecified atom stereocenters. The molecule has 0 amide bonds. The highest BCUT2D eigenvalue weighted by atomic mass is 79.9. The summed E-state index contributed by atoms with van der Waals surface area (Å²) in [5.74, 6) is 4.45. The van der Waals surface area contributed by atoms with Gasteiger partial charge in [0.05, 0.1) is 13.2 Å². The van der Waals surface area contributed by atoms with Gasteiger partial charge in [0.25, 0.3) is 0 Å². The highest BCUT2D eigenvalue weighted by Crippen LogP contribution is 2.62. The van der Waals surface area contributed by atoms with Gasteiger partial charge in [0.15, 0.2) is 11.5 Å². The number of alkyl halides is 1. The Balaban J connectivity index is 1.76. The van der Waals surface area contributed by atoms with E-state index >= 15 is 0 Å². The van der Waals surface area contributed by atoms with Gasteiger partial charge in [-0.2, -0.15) is 0 Å². The maximum Gasteiger partial charge on any atom is 0.161 e. The van der Waals surface area contributed by atoms with E-state index < -0.39 is 0 Å². The second-order valence-corrected chi connectivity index (χ2v) is 7.15. The molecule has 116 valence electrons. The molecule has 0 aromatic heterocycles. The van der Waals surface area contributed by atoms with E-state index in [9.17, 15) is 0 Å². The minimum atomic E-state index is 0.459. The average Bonchev–Trinajstić information content (AvgIpc) is 3.23. The van der Waals surface area contributed by atoms with Crippen LogP contribution in [0.4, 0.5) is 0 Å². The van der Waals surface area contributed by atoms with Gasteiger partial charge < -0.3 is 9.47 Å². The molecular formula is C18H25BrO2. The van der Waals surface area contributed by atoms with Crippen LogP contribution in [0.2, 0.25) is 0 Å². The summed E-state index contributed by atoms with van der Waals surface area (Å²) in [5, 5.41) is 0. The van der Waals surface area contributed by atoms with Gasteiger partial charge in [-0.1, -0.05) is 34.8 Å². The summed E-state index contributed by atoms with van der Waals surface area (Å²) in [5.41, 5.74) is 1.33. The fourth-order valence-corrected chi connectivity index (χ4v) is 5.01. The van der Waals surface area contributed by atoms with Gasteiger partial charge in [-0.15, -0.1) is 0 Å². The molecule has 0 radical (unpaired) electrons. The van der Waals surface area contributed by atoms with Crippen LogP contribution in [0.3, 0.4) is 0 Å². The van der Waals surface area contributed by atoms with Crippen molar-refractivity contribution in [3.8, 4) is 11.5 Å². The number of rotatable bonds is 6. The lowest BCUT2D eigenvalue weighted by atomic mass is 10.0. The van der Waals surface area contributed by atoms with Gasteiger partial charge in [0, 0.05) is 4.83 Å². The average molecular weight is 353 g/mol. The van der Waals surface area contributed by atoms with Gasteiger partial charge in [-0.05, 0) is 62.1 Å². The number of benzene rings is 1. The predicted molar refractivity (Wildman–Crippen MR) is 89.4 cm³/mol. The Kier molecular flexibility index (Phi) is 4.78. The summed E-state index contributed by atoms with van der Waals surface area (Å²) in [6.45, 7) is 5.37. The molecule has 3 rings (SSSR count). The van der Waals surface area contributed by atoms with Crippen LogP contribution in [0.5, 0.6) is 11.5 Å². The second-order valence-electron chi connectivity index (χ2n) is 6.16. The van der Waals surface area contributed by atoms with E-state index in [4.69, 9.17) is 9.47 Å². The van der Waals surface area contributed by atoms with Crippen LogP contribution >= 0.6 is 15.9 Å². The zero-order valence-electron chi connectivity index (χ0n) is 13.0. The molecule has 0 bridgehead atoms. The van der Waals surface area contributed by atoms with E-state index in [1.165, 1.54) is 31.2 Å². The van der Waals surface area contributed by atoms with Crippen LogP contribution in [-0.2, 0) is 0 Å². The van der Waals surface area contributed by atoms with Crippen molar-refractivity contribution in [3.05, 3.63) is 23.8 Å². The predicted octanol–water partition coefficient (Wildman–Crippen LogP) is 5.36. The highest BCUT2D eigenvalue weighted by molar-refractivity contribution is 9.09. The Morgan fingerprint density at radius 1 is 1.05 bits per heavy atom. The van der Waals surface area contributed by atoms with Crippen LogP contribution < -0.4 is 9.47 Å². The van der Waals surface area contributed by atoms with E-state index in [0.29, 0.717) is 18.0 Å². The van der Waals surface area contributed by atoms with Crippen molar-refractivity contribution < 1.29 is 9.47 Å². The molecule has 0 saturated heterocycles. The quantitative estimate of drug-likeness (QED) is 0.642. The number of hydrogen-bond acceptors (Lipinski definition) is 2. The molecule has 0 N–H and O–H groups in total. The summed E-state index contributed by atoms with van der Waals surface area (Å²) in [7, 11) is 0. The summed E-state index contributed by atoms with van der Waals surface area (Å²) < 4.78 is 11.4. The standard InChI is InChI=1S/C18H25BrO2/c1-3-20-15-10-9-12(11-16(15)21-4-2)18(19)17-13-7-5-6-8-14(13)17/h9-11,13-14,17-18H,3-8H2,1-2H3. The van der Waals surface area contributed by atoms with Crippen molar-refractivity contribution in [2.75, 3.05) is 13.2 Å². The first-order valence-corrected chi connectivity index (χ1v) is 9.21. The van der Waals surface area contributed by atoms with E-state index in [2.05, 4.69) is 34.1 Å². The van der Waals surface area contributed by atoms with Crippen LogP contribution in [0.1, 0.15) is 49.9 Å². The highest BCUT2D eigenvalue weighted by Gasteiger charge is 2.53. The van der Waals surface area contributed by atoms with Crippen molar-refractivity contribution in [3.63, 3.8) is 0 Å². The monoisotopic (exact) mass is 352 g/mol. The first kappa shape index (κ1) is 15.2. The van der Waals surface area contributed by atoms with Crippen molar-refractivity contribution >= 4 is 15.9 Å². The number of fused-ring (bicyclic) bond motifs is 1. The topological polar surface area (TPSA) is 18.5 Å². The molecule has 2 saturated carbocycles. The maximum atomic E-state index is 5.75. The zero-order chi connectivity index (χ0) is 14.8. The molecule has 2 nitrogen and oxygen atoms in total. The SMILES string of the molecule is CCOc1ccc(C(Br)C2C3CCCCC32)cc1OCC. The van der Waals surface area contributed by atoms with Crippen LogP contribution in [0.25, 0.3) is 0 Å². The first-order valence-electron chi connectivity index (χ1n) is 8.29. The fraction of sp³-hybridized carbons (Fsp3) is 0.667. The molecule has 0 heterocycles. The minimum Gasteiger partial charge on any atom is -0.490 e. The van der Waals surface area contributed by atoms with Crippen LogP contribution in [0, 0.1) is 17.8 Å². The molecule has 0 aliphatic heterocycles. The Morgan fingerprint density at radius 2 is 1.67 bits per heavy atom. The summed E-state index contributed by atoms with van der Waals surface area (Å²) in [6.07, 6.45) is 5.69. The summed E-state index contributed by atoms with van der Waals surface area (Å²) >= 11 is 3.96. The van der Waals surface area contributed by atoms with E-state index in [1.54, 1.807) is 0 Å². The number of hydrogen-bond donors (Lipinski definition) is 0. The van der Waals surface area contributed by atoms with Gasteiger partial charge in [-0.25, -0.2) is 0 Å². The normalized spacial score (nSPS) is 28.6. The number of ether oxygens (including phenoxy) is 2. The molecule has 3 heteroatoms. The lowest BCUT2D eigenvalue weighted by molar-refractivity contribution is 0.287. The number of halogens is 1. The van der Waals surface area contributed by atoms with Crippen molar-refractivity contribution in [2.45, 2.75) is 44.4 Å². The van der Waals surface area contributed by atoms with Crippen LogP contribution in [0.15, 0.2) is 18.2 Å². The first-order chi connectivity index (χ1) is 10.3. The van der Waals surface area contributed by atoms with Gasteiger partial charge in [0.1, 0.15) is 0 Å². The molecular weight excluding hydrogens is 328 g/mol. The maximum absolute atomic E-state index is 5.75. The van der Waals surface area contributed by atoms with Gasteiger partial charge >= 0.3 is 0 Å². The molecule has 3 atom stereocenters. The van der Waals surface area contributed by atoms with Crippen molar-refractivity contribution in [1.82, 2.24) is 0 Å². The van der Waals surface area contributed by atoms with Crippen molar-refractivity contribution in [2.24, 2.45) is 17.8 Å². The molecule has 1 aromatic rings. The Hall–Kier alpha value is -0.700. The molecule has 2 fully saturated rings. The Bertz CT molecular complexity index is 476.